The van der Waals surface area contributed by atoms with E-state index in [0.717, 1.165) is 8.95 Å². The number of nitrogens with two attached hydrogens (primary N) is 1. The van der Waals surface area contributed by atoms with Crippen molar-refractivity contribution in [3.05, 3.63) is 27.1 Å². The quantitative estimate of drug-likeness (QED) is 0.785. The lowest BCUT2D eigenvalue weighted by molar-refractivity contribution is -0.137. The Morgan fingerprint density at radius 1 is 1.47 bits per heavy atom. The van der Waals surface area contributed by atoms with Gasteiger partial charge in [0, 0.05) is 15.5 Å². The van der Waals surface area contributed by atoms with Crippen LogP contribution in [0.2, 0.25) is 0 Å². The molecule has 0 aliphatic heterocycles. The molecule has 0 radical (unpaired) electrons. The molecule has 1 atom stereocenters. The van der Waals surface area contributed by atoms with Crippen LogP contribution in [0.1, 0.15) is 0 Å². The van der Waals surface area contributed by atoms with Gasteiger partial charge in [-0.3, -0.25) is 0 Å². The summed E-state index contributed by atoms with van der Waals surface area (Å²) in [7, 11) is 0. The molecular formula is C9H10Br2N2O2. The van der Waals surface area contributed by atoms with E-state index in [-0.39, 0.29) is 6.54 Å². The number of para-hydroxylation sites is 1. The van der Waals surface area contributed by atoms with Crippen LogP contribution in [-0.4, -0.2) is 23.7 Å². The molecule has 0 spiro atoms. The minimum absolute atomic E-state index is 0.0309. The molecule has 0 saturated heterocycles. The number of benzene rings is 1. The van der Waals surface area contributed by atoms with Crippen molar-refractivity contribution in [2.75, 3.05) is 11.9 Å². The summed E-state index contributed by atoms with van der Waals surface area (Å²) in [5.41, 5.74) is 6.04. The van der Waals surface area contributed by atoms with Crippen molar-refractivity contribution in [3.8, 4) is 0 Å². The third-order valence-electron chi connectivity index (χ3n) is 1.82. The summed E-state index contributed by atoms with van der Waals surface area (Å²) in [6.07, 6.45) is 0. The lowest BCUT2D eigenvalue weighted by atomic mass is 10.2. The molecule has 15 heavy (non-hydrogen) atoms. The second-order valence-electron chi connectivity index (χ2n) is 2.87. The molecule has 4 nitrogen and oxygen atoms in total. The van der Waals surface area contributed by atoms with E-state index in [1.807, 2.05) is 18.2 Å². The van der Waals surface area contributed by atoms with Gasteiger partial charge in [-0.1, -0.05) is 6.07 Å². The Morgan fingerprint density at radius 3 is 2.40 bits per heavy atom. The molecular weight excluding hydrogens is 328 g/mol. The Bertz CT molecular complexity index is 351. The highest BCUT2D eigenvalue weighted by atomic mass is 79.9. The number of carboxylic acid groups (broad SMARTS) is 1. The first-order valence-corrected chi connectivity index (χ1v) is 5.78. The second-order valence-corrected chi connectivity index (χ2v) is 4.58. The van der Waals surface area contributed by atoms with Crippen LogP contribution >= 0.6 is 31.9 Å². The molecule has 0 heterocycles. The van der Waals surface area contributed by atoms with Crippen molar-refractivity contribution in [1.82, 2.24) is 0 Å². The minimum Gasteiger partial charge on any atom is -0.480 e. The molecule has 1 aromatic rings. The van der Waals surface area contributed by atoms with Crippen molar-refractivity contribution < 1.29 is 9.90 Å². The predicted octanol–water partition coefficient (Wildman–Crippen LogP) is 2.04. The van der Waals surface area contributed by atoms with Crippen LogP contribution < -0.4 is 11.1 Å². The maximum atomic E-state index is 10.8. The molecule has 0 saturated carbocycles. The van der Waals surface area contributed by atoms with Gasteiger partial charge in [-0.2, -0.15) is 0 Å². The highest BCUT2D eigenvalue weighted by Gasteiger charge is 2.17. The fourth-order valence-electron chi connectivity index (χ4n) is 1.03. The van der Waals surface area contributed by atoms with E-state index in [4.69, 9.17) is 10.8 Å². The van der Waals surface area contributed by atoms with E-state index in [1.54, 1.807) is 0 Å². The second kappa shape index (κ2) is 5.48. The lowest BCUT2D eigenvalue weighted by Gasteiger charge is -2.16. The van der Waals surface area contributed by atoms with Gasteiger partial charge in [-0.05, 0) is 44.0 Å². The number of carbonyl (C=O) groups is 1. The molecule has 4 N–H and O–H groups in total. The maximum Gasteiger partial charge on any atom is 0.327 e. The molecule has 1 unspecified atom stereocenters. The number of nitrogens with one attached hydrogen (secondary N) is 1. The Labute approximate surface area is 104 Å². The van der Waals surface area contributed by atoms with Gasteiger partial charge >= 0.3 is 5.97 Å². The first-order chi connectivity index (χ1) is 7.06. The number of rotatable bonds is 4. The van der Waals surface area contributed by atoms with Gasteiger partial charge in [0.1, 0.15) is 6.04 Å². The SMILES string of the molecule is NCC(Nc1c(Br)cccc1Br)C(=O)O. The molecule has 0 amide bonds. The van der Waals surface area contributed by atoms with Crippen molar-refractivity contribution in [1.29, 1.82) is 0 Å². The van der Waals surface area contributed by atoms with Crippen molar-refractivity contribution >= 4 is 43.5 Å². The van der Waals surface area contributed by atoms with Gasteiger partial charge in [0.05, 0.1) is 5.69 Å². The Kier molecular flexibility index (Phi) is 4.56. The summed E-state index contributed by atoms with van der Waals surface area (Å²) >= 11 is 6.66. The van der Waals surface area contributed by atoms with E-state index < -0.39 is 12.0 Å². The van der Waals surface area contributed by atoms with Gasteiger partial charge in [0.25, 0.3) is 0 Å². The number of anilines is 1. The monoisotopic (exact) mass is 336 g/mol. The summed E-state index contributed by atoms with van der Waals surface area (Å²) in [6, 6.07) is 4.70. The average molecular weight is 338 g/mol. The highest BCUT2D eigenvalue weighted by Crippen LogP contribution is 2.30. The van der Waals surface area contributed by atoms with E-state index in [0.29, 0.717) is 5.69 Å². The Morgan fingerprint density at radius 2 is 2.00 bits per heavy atom. The molecule has 82 valence electrons. The van der Waals surface area contributed by atoms with Crippen LogP contribution in [0.15, 0.2) is 27.1 Å². The zero-order chi connectivity index (χ0) is 11.4. The Hall–Kier alpha value is -0.590. The fraction of sp³-hybridized carbons (Fsp3) is 0.222. The minimum atomic E-state index is -0.972. The standard InChI is InChI=1S/C9H10Br2N2O2/c10-5-2-1-3-6(11)8(5)13-7(4-12)9(14)15/h1-3,7,13H,4,12H2,(H,14,15). The third kappa shape index (κ3) is 3.19. The van der Waals surface area contributed by atoms with Gasteiger partial charge in [0.15, 0.2) is 0 Å². The molecule has 0 bridgehead atoms. The van der Waals surface area contributed by atoms with Crippen LogP contribution in [0.4, 0.5) is 5.69 Å². The van der Waals surface area contributed by atoms with Crippen molar-refractivity contribution in [2.24, 2.45) is 5.73 Å². The number of hydrogen-bond donors (Lipinski definition) is 3. The summed E-state index contributed by atoms with van der Waals surface area (Å²) in [5, 5.41) is 11.7. The predicted molar refractivity (Wildman–Crippen MR) is 65.9 cm³/mol. The molecule has 0 aliphatic rings. The fourth-order valence-corrected chi connectivity index (χ4v) is 2.26. The summed E-state index contributed by atoms with van der Waals surface area (Å²) in [4.78, 5) is 10.8. The number of carboxylic acids is 1. The van der Waals surface area contributed by atoms with Crippen LogP contribution in [-0.2, 0) is 4.79 Å². The molecule has 1 rings (SSSR count). The molecule has 0 aliphatic carbocycles. The largest absolute Gasteiger partial charge is 0.480 e. The molecule has 0 aromatic heterocycles. The first-order valence-electron chi connectivity index (χ1n) is 4.19. The summed E-state index contributed by atoms with van der Waals surface area (Å²) in [5.74, 6) is -0.972. The van der Waals surface area contributed by atoms with Gasteiger partial charge in [-0.25, -0.2) is 4.79 Å². The smallest absolute Gasteiger partial charge is 0.327 e. The average Bonchev–Trinajstić information content (AvgIpc) is 2.17. The van der Waals surface area contributed by atoms with Gasteiger partial charge in [0.2, 0.25) is 0 Å². The third-order valence-corrected chi connectivity index (χ3v) is 3.14. The summed E-state index contributed by atoms with van der Waals surface area (Å²) in [6.45, 7) is 0.0309. The number of aliphatic carboxylic acids is 1. The molecule has 6 heteroatoms. The van der Waals surface area contributed by atoms with Crippen LogP contribution in [0.3, 0.4) is 0 Å². The topological polar surface area (TPSA) is 75.3 Å². The number of halogens is 2. The number of hydrogen-bond acceptors (Lipinski definition) is 3. The van der Waals surface area contributed by atoms with E-state index in [2.05, 4.69) is 37.2 Å². The Balaban J connectivity index is 2.92. The van der Waals surface area contributed by atoms with E-state index in [1.165, 1.54) is 0 Å². The first kappa shape index (κ1) is 12.5. The van der Waals surface area contributed by atoms with Crippen molar-refractivity contribution in [3.63, 3.8) is 0 Å². The normalized spacial score (nSPS) is 12.2. The zero-order valence-corrected chi connectivity index (χ0v) is 10.9. The van der Waals surface area contributed by atoms with E-state index in [9.17, 15) is 4.79 Å². The molecule has 1 aromatic carbocycles. The van der Waals surface area contributed by atoms with Gasteiger partial charge in [-0.15, -0.1) is 0 Å². The van der Waals surface area contributed by atoms with Crippen LogP contribution in [0.5, 0.6) is 0 Å². The lowest BCUT2D eigenvalue weighted by Crippen LogP contribution is -2.36. The zero-order valence-electron chi connectivity index (χ0n) is 7.71. The van der Waals surface area contributed by atoms with Crippen LogP contribution in [0, 0.1) is 0 Å². The molecule has 0 fully saturated rings. The van der Waals surface area contributed by atoms with Crippen molar-refractivity contribution in [2.45, 2.75) is 6.04 Å². The van der Waals surface area contributed by atoms with Crippen LogP contribution in [0.25, 0.3) is 0 Å². The highest BCUT2D eigenvalue weighted by molar-refractivity contribution is 9.11. The summed E-state index contributed by atoms with van der Waals surface area (Å²) < 4.78 is 1.58. The van der Waals surface area contributed by atoms with Gasteiger partial charge < -0.3 is 16.2 Å². The maximum absolute atomic E-state index is 10.8. The van der Waals surface area contributed by atoms with E-state index >= 15 is 0 Å².